The van der Waals surface area contributed by atoms with Crippen molar-refractivity contribution in [2.75, 3.05) is 18.4 Å². The third-order valence-electron chi connectivity index (χ3n) is 3.61. The summed E-state index contributed by atoms with van der Waals surface area (Å²) >= 11 is 6.00. The lowest BCUT2D eigenvalue weighted by atomic mass is 9.97. The summed E-state index contributed by atoms with van der Waals surface area (Å²) in [7, 11) is 0. The van der Waals surface area contributed by atoms with Crippen molar-refractivity contribution in [3.63, 3.8) is 0 Å². The fourth-order valence-corrected chi connectivity index (χ4v) is 2.65. The second-order valence-electron chi connectivity index (χ2n) is 5.83. The van der Waals surface area contributed by atoms with E-state index in [4.69, 9.17) is 11.6 Å². The van der Waals surface area contributed by atoms with Crippen LogP contribution in [0.25, 0.3) is 0 Å². The third kappa shape index (κ3) is 5.68. The molecule has 0 radical (unpaired) electrons. The lowest BCUT2D eigenvalue weighted by Gasteiger charge is -2.22. The Morgan fingerprint density at radius 1 is 1.26 bits per heavy atom. The molecule has 3 N–H and O–H groups in total. The van der Waals surface area contributed by atoms with Gasteiger partial charge in [-0.3, -0.25) is 9.59 Å². The summed E-state index contributed by atoms with van der Waals surface area (Å²) in [4.78, 5) is 24.6. The van der Waals surface area contributed by atoms with Gasteiger partial charge in [-0.25, -0.2) is 0 Å². The molecule has 0 bridgehead atoms. The summed E-state index contributed by atoms with van der Waals surface area (Å²) in [6.07, 6.45) is 1.61. The molecule has 0 saturated carbocycles. The van der Waals surface area contributed by atoms with Crippen molar-refractivity contribution in [2.45, 2.75) is 32.7 Å². The van der Waals surface area contributed by atoms with Crippen molar-refractivity contribution < 1.29 is 9.59 Å². The molecule has 1 aromatic rings. The summed E-state index contributed by atoms with van der Waals surface area (Å²) in [5.41, 5.74) is 0.898. The number of halogens is 2. The molecule has 0 spiro atoms. The summed E-state index contributed by atoms with van der Waals surface area (Å²) in [6.45, 7) is 5.46. The first-order valence-corrected chi connectivity index (χ1v) is 7.97. The quantitative estimate of drug-likeness (QED) is 0.773. The van der Waals surface area contributed by atoms with Crippen LogP contribution in [-0.4, -0.2) is 30.9 Å². The minimum Gasteiger partial charge on any atom is -0.350 e. The van der Waals surface area contributed by atoms with Gasteiger partial charge in [-0.1, -0.05) is 11.6 Å². The molecule has 1 heterocycles. The van der Waals surface area contributed by atoms with Crippen LogP contribution >= 0.6 is 24.0 Å². The van der Waals surface area contributed by atoms with E-state index in [2.05, 4.69) is 16.0 Å². The maximum Gasteiger partial charge on any atom is 0.253 e. The second kappa shape index (κ2) is 9.11. The maximum absolute atomic E-state index is 12.4. The smallest absolute Gasteiger partial charge is 0.253 e. The van der Waals surface area contributed by atoms with Crippen molar-refractivity contribution in [2.24, 2.45) is 5.92 Å². The highest BCUT2D eigenvalue weighted by Crippen LogP contribution is 2.23. The van der Waals surface area contributed by atoms with E-state index in [9.17, 15) is 9.59 Å². The van der Waals surface area contributed by atoms with Crippen LogP contribution in [0.15, 0.2) is 18.2 Å². The van der Waals surface area contributed by atoms with Crippen LogP contribution in [0, 0.1) is 5.92 Å². The van der Waals surface area contributed by atoms with Gasteiger partial charge in [-0.05, 0) is 58.0 Å². The molecule has 7 heteroatoms. The number of nitrogens with one attached hydrogen (secondary N) is 3. The molecule has 1 saturated heterocycles. The topological polar surface area (TPSA) is 70.2 Å². The molecule has 0 aliphatic carbocycles. The van der Waals surface area contributed by atoms with E-state index >= 15 is 0 Å². The van der Waals surface area contributed by atoms with E-state index in [0.717, 1.165) is 25.9 Å². The molecule has 2 rings (SSSR count). The van der Waals surface area contributed by atoms with Crippen LogP contribution in [0.1, 0.15) is 37.0 Å². The number of benzene rings is 1. The first kappa shape index (κ1) is 19.7. The van der Waals surface area contributed by atoms with E-state index in [1.165, 1.54) is 0 Å². The third-order valence-corrected chi connectivity index (χ3v) is 3.85. The molecule has 128 valence electrons. The van der Waals surface area contributed by atoms with E-state index < -0.39 is 0 Å². The van der Waals surface area contributed by atoms with Crippen molar-refractivity contribution in [1.29, 1.82) is 0 Å². The summed E-state index contributed by atoms with van der Waals surface area (Å²) in [5.74, 6) is -0.295. The average molecular weight is 360 g/mol. The number of hydrogen-bond donors (Lipinski definition) is 3. The van der Waals surface area contributed by atoms with E-state index in [-0.39, 0.29) is 36.2 Å². The zero-order valence-corrected chi connectivity index (χ0v) is 14.9. The van der Waals surface area contributed by atoms with Gasteiger partial charge in [0.1, 0.15) is 0 Å². The Morgan fingerprint density at radius 2 is 1.91 bits per heavy atom. The normalized spacial score (nSPS) is 15.0. The van der Waals surface area contributed by atoms with Gasteiger partial charge < -0.3 is 16.0 Å². The fraction of sp³-hybridized carbons (Fsp3) is 0.500. The van der Waals surface area contributed by atoms with Gasteiger partial charge in [0, 0.05) is 17.0 Å². The van der Waals surface area contributed by atoms with Crippen molar-refractivity contribution in [3.05, 3.63) is 28.8 Å². The first-order chi connectivity index (χ1) is 10.5. The second-order valence-corrected chi connectivity index (χ2v) is 6.27. The minimum absolute atomic E-state index is 0. The number of carbonyl (C=O) groups is 2. The van der Waals surface area contributed by atoms with Crippen LogP contribution in [0.2, 0.25) is 5.02 Å². The van der Waals surface area contributed by atoms with Gasteiger partial charge in [-0.15, -0.1) is 12.4 Å². The summed E-state index contributed by atoms with van der Waals surface area (Å²) < 4.78 is 0. The SMILES string of the molecule is CC(C)NC(=O)c1ccc(Cl)cc1NC(=O)C1CCNCC1.Cl. The van der Waals surface area contributed by atoms with Gasteiger partial charge in [0.15, 0.2) is 0 Å². The molecule has 23 heavy (non-hydrogen) atoms. The van der Waals surface area contributed by atoms with Gasteiger partial charge in [0.2, 0.25) is 5.91 Å². The predicted octanol–water partition coefficient (Wildman–Crippen LogP) is 2.84. The van der Waals surface area contributed by atoms with Crippen molar-refractivity contribution >= 4 is 41.5 Å². The molecule has 2 amide bonds. The zero-order valence-electron chi connectivity index (χ0n) is 13.3. The lowest BCUT2D eigenvalue weighted by molar-refractivity contribution is -0.120. The van der Waals surface area contributed by atoms with Crippen LogP contribution in [0.3, 0.4) is 0 Å². The van der Waals surface area contributed by atoms with Gasteiger partial charge >= 0.3 is 0 Å². The monoisotopic (exact) mass is 359 g/mol. The molecule has 5 nitrogen and oxygen atoms in total. The highest BCUT2D eigenvalue weighted by Gasteiger charge is 2.22. The van der Waals surface area contributed by atoms with Gasteiger partial charge in [0.25, 0.3) is 5.91 Å². The number of amides is 2. The number of rotatable bonds is 4. The number of carbonyl (C=O) groups excluding carboxylic acids is 2. The maximum atomic E-state index is 12.4. The number of piperidine rings is 1. The van der Waals surface area contributed by atoms with Gasteiger partial charge in [0.05, 0.1) is 11.3 Å². The number of hydrogen-bond acceptors (Lipinski definition) is 3. The molecule has 1 aliphatic heterocycles. The number of anilines is 1. The van der Waals surface area contributed by atoms with Crippen LogP contribution in [-0.2, 0) is 4.79 Å². The largest absolute Gasteiger partial charge is 0.350 e. The van der Waals surface area contributed by atoms with E-state index in [1.807, 2.05) is 13.8 Å². The average Bonchev–Trinajstić information content (AvgIpc) is 2.47. The lowest BCUT2D eigenvalue weighted by Crippen LogP contribution is -2.35. The Bertz CT molecular complexity index is 558. The Balaban J connectivity index is 0.00000264. The standard InChI is InChI=1S/C16H22ClN3O2.ClH/c1-10(2)19-16(22)13-4-3-12(17)9-14(13)20-15(21)11-5-7-18-8-6-11;/h3-4,9-11,18H,5-8H2,1-2H3,(H,19,22)(H,20,21);1H. The predicted molar refractivity (Wildman–Crippen MR) is 95.5 cm³/mol. The molecule has 1 aromatic carbocycles. The first-order valence-electron chi connectivity index (χ1n) is 7.59. The molecular formula is C16H23Cl2N3O2. The Hall–Kier alpha value is -1.30. The van der Waals surface area contributed by atoms with Crippen molar-refractivity contribution in [3.8, 4) is 0 Å². The Morgan fingerprint density at radius 3 is 2.52 bits per heavy atom. The Labute approximate surface area is 148 Å². The summed E-state index contributed by atoms with van der Waals surface area (Å²) in [5, 5.41) is 9.41. The summed E-state index contributed by atoms with van der Waals surface area (Å²) in [6, 6.07) is 4.93. The van der Waals surface area contributed by atoms with E-state index in [1.54, 1.807) is 18.2 Å². The molecule has 0 aromatic heterocycles. The van der Waals surface area contributed by atoms with Crippen molar-refractivity contribution in [1.82, 2.24) is 10.6 Å². The minimum atomic E-state index is -0.215. The van der Waals surface area contributed by atoms with Crippen LogP contribution < -0.4 is 16.0 Å². The fourth-order valence-electron chi connectivity index (χ4n) is 2.48. The van der Waals surface area contributed by atoms with Crippen LogP contribution in [0.5, 0.6) is 0 Å². The molecule has 1 aliphatic rings. The highest BCUT2D eigenvalue weighted by molar-refractivity contribution is 6.31. The molecule has 0 atom stereocenters. The molecule has 0 unspecified atom stereocenters. The van der Waals surface area contributed by atoms with E-state index in [0.29, 0.717) is 16.3 Å². The van der Waals surface area contributed by atoms with Crippen LogP contribution in [0.4, 0.5) is 5.69 Å². The molecule has 1 fully saturated rings. The zero-order chi connectivity index (χ0) is 16.1. The van der Waals surface area contributed by atoms with Gasteiger partial charge in [-0.2, -0.15) is 0 Å². The Kier molecular flexibility index (Phi) is 7.82. The highest BCUT2D eigenvalue weighted by atomic mass is 35.5. The molecular weight excluding hydrogens is 337 g/mol.